The van der Waals surface area contributed by atoms with Crippen molar-refractivity contribution in [3.63, 3.8) is 0 Å². The Morgan fingerprint density at radius 2 is 1.97 bits per heavy atom. The van der Waals surface area contributed by atoms with Crippen molar-refractivity contribution in [2.24, 2.45) is 0 Å². The largest absolute Gasteiger partial charge is 0.481 e. The number of aryl methyl sites for hydroxylation is 1. The number of aliphatic carboxylic acids is 1. The van der Waals surface area contributed by atoms with Gasteiger partial charge < -0.3 is 14.8 Å². The zero-order valence-electron chi connectivity index (χ0n) is 16.4. The predicted molar refractivity (Wildman–Crippen MR) is 105 cm³/mol. The maximum Gasteiger partial charge on any atom is 0.420 e. The van der Waals surface area contributed by atoms with Gasteiger partial charge in [-0.25, -0.2) is 0 Å². The van der Waals surface area contributed by atoms with Gasteiger partial charge in [0.15, 0.2) is 0 Å². The van der Waals surface area contributed by atoms with Gasteiger partial charge in [-0.2, -0.15) is 13.2 Å². The molecule has 0 aliphatic heterocycles. The number of ether oxygens (including phenoxy) is 1. The molecule has 0 bridgehead atoms. The fourth-order valence-electron chi connectivity index (χ4n) is 3.40. The highest BCUT2D eigenvalue weighted by atomic mass is 19.4. The van der Waals surface area contributed by atoms with Crippen LogP contribution in [0, 0.1) is 6.92 Å². The predicted octanol–water partition coefficient (Wildman–Crippen LogP) is 6.43. The molecule has 4 nitrogen and oxygen atoms in total. The molecule has 0 saturated heterocycles. The Kier molecular flexibility index (Phi) is 5.59. The van der Waals surface area contributed by atoms with Crippen molar-refractivity contribution in [2.45, 2.75) is 45.7 Å². The summed E-state index contributed by atoms with van der Waals surface area (Å²) < 4.78 is 46.6. The van der Waals surface area contributed by atoms with Crippen LogP contribution in [0.25, 0.3) is 10.9 Å². The summed E-state index contributed by atoms with van der Waals surface area (Å²) in [6, 6.07) is 7.38. The molecule has 2 N–H and O–H groups in total. The average Bonchev–Trinajstić information content (AvgIpc) is 3.05. The summed E-state index contributed by atoms with van der Waals surface area (Å²) in [6.07, 6.45) is -2.32. The zero-order valence-corrected chi connectivity index (χ0v) is 16.4. The van der Waals surface area contributed by atoms with Gasteiger partial charge in [0.2, 0.25) is 0 Å². The molecule has 3 aromatic rings. The Labute approximate surface area is 166 Å². The Balaban J connectivity index is 2.06. The van der Waals surface area contributed by atoms with Crippen LogP contribution in [0.1, 0.15) is 48.4 Å². The lowest BCUT2D eigenvalue weighted by atomic mass is 9.98. The number of aromatic amines is 1. The maximum absolute atomic E-state index is 13.6. The van der Waals surface area contributed by atoms with Crippen molar-refractivity contribution >= 4 is 16.9 Å². The van der Waals surface area contributed by atoms with Gasteiger partial charge in [0, 0.05) is 17.1 Å². The van der Waals surface area contributed by atoms with Crippen LogP contribution in [-0.2, 0) is 17.4 Å². The van der Waals surface area contributed by atoms with Crippen LogP contribution < -0.4 is 4.74 Å². The number of nitrogens with one attached hydrogen (secondary N) is 1. The number of aromatic nitrogens is 1. The Morgan fingerprint density at radius 3 is 2.59 bits per heavy atom. The molecule has 0 amide bonds. The van der Waals surface area contributed by atoms with Crippen LogP contribution >= 0.6 is 0 Å². The van der Waals surface area contributed by atoms with Gasteiger partial charge in [-0.05, 0) is 60.2 Å². The molecule has 1 unspecified atom stereocenters. The van der Waals surface area contributed by atoms with E-state index in [-0.39, 0.29) is 16.9 Å². The molecule has 0 aliphatic rings. The first-order valence-corrected chi connectivity index (χ1v) is 9.31. The van der Waals surface area contributed by atoms with Gasteiger partial charge in [0.05, 0.1) is 12.0 Å². The van der Waals surface area contributed by atoms with Crippen LogP contribution in [0.5, 0.6) is 11.5 Å². The molecule has 29 heavy (non-hydrogen) atoms. The summed E-state index contributed by atoms with van der Waals surface area (Å²) in [4.78, 5) is 14.1. The van der Waals surface area contributed by atoms with Crippen LogP contribution in [-0.4, -0.2) is 16.1 Å². The third-order valence-electron chi connectivity index (χ3n) is 5.04. The number of rotatable bonds is 6. The number of carbonyl (C=O) groups is 1. The van der Waals surface area contributed by atoms with E-state index >= 15 is 0 Å². The van der Waals surface area contributed by atoms with E-state index in [2.05, 4.69) is 18.8 Å². The molecule has 0 saturated carbocycles. The first-order valence-electron chi connectivity index (χ1n) is 9.31. The molecule has 0 spiro atoms. The highest BCUT2D eigenvalue weighted by Gasteiger charge is 2.36. The molecule has 1 atom stereocenters. The number of fused-ring (bicyclic) bond motifs is 1. The van der Waals surface area contributed by atoms with Crippen molar-refractivity contribution in [3.05, 3.63) is 58.8 Å². The van der Waals surface area contributed by atoms with Gasteiger partial charge in [0.25, 0.3) is 0 Å². The van der Waals surface area contributed by atoms with Gasteiger partial charge >= 0.3 is 12.1 Å². The van der Waals surface area contributed by atoms with E-state index in [1.54, 1.807) is 18.2 Å². The summed E-state index contributed by atoms with van der Waals surface area (Å²) in [5, 5.41) is 9.82. The lowest BCUT2D eigenvalue weighted by Crippen LogP contribution is -2.11. The van der Waals surface area contributed by atoms with E-state index in [9.17, 15) is 18.0 Å². The highest BCUT2D eigenvalue weighted by Crippen LogP contribution is 2.41. The molecule has 3 rings (SSSR count). The Hall–Kier alpha value is -2.96. The number of carboxylic acids is 1. The minimum absolute atomic E-state index is 0.0785. The molecule has 0 radical (unpaired) electrons. The first kappa shape index (κ1) is 20.8. The van der Waals surface area contributed by atoms with Gasteiger partial charge in [-0.1, -0.05) is 19.9 Å². The molecule has 0 aliphatic carbocycles. The summed E-state index contributed by atoms with van der Waals surface area (Å²) in [6.45, 7) is 5.64. The van der Waals surface area contributed by atoms with E-state index in [0.717, 1.165) is 29.0 Å². The third-order valence-corrected chi connectivity index (χ3v) is 5.04. The van der Waals surface area contributed by atoms with E-state index in [1.165, 1.54) is 13.0 Å². The lowest BCUT2D eigenvalue weighted by Gasteiger charge is -2.18. The Morgan fingerprint density at radius 1 is 1.24 bits per heavy atom. The molecule has 1 heterocycles. The fourth-order valence-corrected chi connectivity index (χ4v) is 3.40. The number of halogens is 3. The lowest BCUT2D eigenvalue weighted by molar-refractivity contribution is -0.139. The zero-order chi connectivity index (χ0) is 21.3. The Bertz CT molecular complexity index is 1050. The smallest absolute Gasteiger partial charge is 0.420 e. The highest BCUT2D eigenvalue weighted by molar-refractivity contribution is 5.85. The molecule has 0 fully saturated rings. The molecule has 7 heteroatoms. The standard InChI is InChI=1S/C22H22F3NO3/c1-4-12(2)17-11-26-19-6-5-15(10-16(17)19)29-21-13(3)7-14(9-20(27)28)8-18(21)22(23,24)25/h5-8,10-12,26H,4,9H2,1-3H3,(H,27,28). The minimum atomic E-state index is -4.67. The first-order chi connectivity index (χ1) is 13.6. The van der Waals surface area contributed by atoms with Crippen molar-refractivity contribution in [1.29, 1.82) is 0 Å². The SMILES string of the molecule is CCC(C)c1c[nH]c2ccc(Oc3c(C)cc(CC(=O)O)cc3C(F)(F)F)cc12. The van der Waals surface area contributed by atoms with E-state index in [1.807, 2.05) is 6.20 Å². The number of benzene rings is 2. The van der Waals surface area contributed by atoms with Crippen molar-refractivity contribution in [3.8, 4) is 11.5 Å². The van der Waals surface area contributed by atoms with Gasteiger partial charge in [0.1, 0.15) is 11.5 Å². The third kappa shape index (κ3) is 4.39. The normalized spacial score (nSPS) is 12.9. The van der Waals surface area contributed by atoms with Gasteiger partial charge in [-0.3, -0.25) is 4.79 Å². The van der Waals surface area contributed by atoms with Crippen LogP contribution in [0.15, 0.2) is 36.5 Å². The molecule has 154 valence electrons. The monoisotopic (exact) mass is 405 g/mol. The van der Waals surface area contributed by atoms with Crippen molar-refractivity contribution in [1.82, 2.24) is 4.98 Å². The van der Waals surface area contributed by atoms with Crippen molar-refractivity contribution < 1.29 is 27.8 Å². The number of hydrogen-bond acceptors (Lipinski definition) is 2. The topological polar surface area (TPSA) is 62.3 Å². The van der Waals surface area contributed by atoms with Crippen molar-refractivity contribution in [2.75, 3.05) is 0 Å². The van der Waals surface area contributed by atoms with E-state index in [0.29, 0.717) is 11.7 Å². The van der Waals surface area contributed by atoms with Gasteiger partial charge in [-0.15, -0.1) is 0 Å². The van der Waals surface area contributed by atoms with Crippen LogP contribution in [0.2, 0.25) is 0 Å². The second-order valence-electron chi connectivity index (χ2n) is 7.22. The summed E-state index contributed by atoms with van der Waals surface area (Å²) in [5.41, 5.74) is 1.29. The minimum Gasteiger partial charge on any atom is -0.481 e. The average molecular weight is 405 g/mol. The number of H-pyrrole nitrogens is 1. The molecular formula is C22H22F3NO3. The molecular weight excluding hydrogens is 383 g/mol. The molecule has 1 aromatic heterocycles. The number of hydrogen-bond donors (Lipinski definition) is 2. The molecule has 2 aromatic carbocycles. The summed E-state index contributed by atoms with van der Waals surface area (Å²) >= 11 is 0. The maximum atomic E-state index is 13.6. The van der Waals surface area contributed by atoms with Crippen LogP contribution in [0.3, 0.4) is 0 Å². The van der Waals surface area contributed by atoms with E-state index in [4.69, 9.17) is 9.84 Å². The second kappa shape index (κ2) is 7.81. The fraction of sp³-hybridized carbons (Fsp3) is 0.318. The number of alkyl halides is 3. The summed E-state index contributed by atoms with van der Waals surface area (Å²) in [5.74, 6) is -0.920. The second-order valence-corrected chi connectivity index (χ2v) is 7.22. The van der Waals surface area contributed by atoms with E-state index < -0.39 is 24.1 Å². The quantitative estimate of drug-likeness (QED) is 0.497. The summed E-state index contributed by atoms with van der Waals surface area (Å²) in [7, 11) is 0. The number of carboxylic acid groups (broad SMARTS) is 1. The van der Waals surface area contributed by atoms with Crippen LogP contribution in [0.4, 0.5) is 13.2 Å².